The van der Waals surface area contributed by atoms with Crippen LogP contribution < -0.4 is 16.0 Å². The van der Waals surface area contributed by atoms with Gasteiger partial charge in [0.2, 0.25) is 5.91 Å². The number of hydrogen-bond donors (Lipinski definition) is 3. The predicted octanol–water partition coefficient (Wildman–Crippen LogP) is -0.281. The highest BCUT2D eigenvalue weighted by atomic mass is 16.2. The Bertz CT molecular complexity index is 453. The molecule has 2 saturated heterocycles. The van der Waals surface area contributed by atoms with E-state index >= 15 is 0 Å². The van der Waals surface area contributed by atoms with Gasteiger partial charge in [-0.2, -0.15) is 0 Å². The molecule has 1 spiro atoms. The molecule has 0 radical (unpaired) electrons. The third kappa shape index (κ3) is 2.74. The Labute approximate surface area is 123 Å². The maximum atomic E-state index is 12.4. The molecule has 3 fully saturated rings. The summed E-state index contributed by atoms with van der Waals surface area (Å²) in [6.07, 6.45) is 4.47. The van der Waals surface area contributed by atoms with Gasteiger partial charge in [-0.1, -0.05) is 12.8 Å². The van der Waals surface area contributed by atoms with E-state index in [0.717, 1.165) is 32.4 Å². The Morgan fingerprint density at radius 1 is 1.33 bits per heavy atom. The fraction of sp³-hybridized carbons (Fsp3) is 0.786. The van der Waals surface area contributed by atoms with Gasteiger partial charge in [0.15, 0.2) is 0 Å². The van der Waals surface area contributed by atoms with Crippen molar-refractivity contribution in [1.29, 1.82) is 0 Å². The van der Waals surface area contributed by atoms with Crippen molar-refractivity contribution in [2.24, 2.45) is 0 Å². The third-order valence-electron chi connectivity index (χ3n) is 4.69. The van der Waals surface area contributed by atoms with Crippen LogP contribution in [0, 0.1) is 0 Å². The average Bonchev–Trinajstić information content (AvgIpc) is 3.14. The highest BCUT2D eigenvalue weighted by Crippen LogP contribution is 2.34. The summed E-state index contributed by atoms with van der Waals surface area (Å²) < 4.78 is 0. The maximum absolute atomic E-state index is 12.4. The molecular formula is C14H22N4O3. The Kier molecular flexibility index (Phi) is 3.84. The topological polar surface area (TPSA) is 90.5 Å². The van der Waals surface area contributed by atoms with E-state index in [1.165, 1.54) is 4.90 Å². The van der Waals surface area contributed by atoms with Crippen molar-refractivity contribution in [3.8, 4) is 0 Å². The predicted molar refractivity (Wildman–Crippen MR) is 75.5 cm³/mol. The zero-order valence-corrected chi connectivity index (χ0v) is 12.1. The first kappa shape index (κ1) is 14.3. The van der Waals surface area contributed by atoms with Crippen LogP contribution in [-0.2, 0) is 9.59 Å². The Morgan fingerprint density at radius 3 is 2.76 bits per heavy atom. The van der Waals surface area contributed by atoms with Gasteiger partial charge in [-0.05, 0) is 25.8 Å². The second-order valence-corrected chi connectivity index (χ2v) is 6.18. The molecule has 0 aromatic rings. The molecule has 3 N–H and O–H groups in total. The van der Waals surface area contributed by atoms with Crippen molar-refractivity contribution in [3.63, 3.8) is 0 Å². The van der Waals surface area contributed by atoms with Crippen molar-refractivity contribution in [2.75, 3.05) is 19.6 Å². The molecule has 2 aliphatic heterocycles. The molecule has 1 saturated carbocycles. The number of nitrogens with zero attached hydrogens (tertiary/aromatic N) is 1. The molecule has 0 aromatic heterocycles. The first-order valence-electron chi connectivity index (χ1n) is 7.75. The third-order valence-corrected chi connectivity index (χ3v) is 4.69. The maximum Gasteiger partial charge on any atom is 0.325 e. The van der Waals surface area contributed by atoms with Crippen LogP contribution in [0.25, 0.3) is 0 Å². The van der Waals surface area contributed by atoms with Gasteiger partial charge in [-0.15, -0.1) is 0 Å². The summed E-state index contributed by atoms with van der Waals surface area (Å²) in [7, 11) is 0. The van der Waals surface area contributed by atoms with Gasteiger partial charge in [0.1, 0.15) is 5.54 Å². The lowest BCUT2D eigenvalue weighted by Crippen LogP contribution is -2.44. The SMILES string of the molecule is O=C(CCN1C(=O)NC2(CCCC2)C1=O)NC1CCNC1. The van der Waals surface area contributed by atoms with Gasteiger partial charge in [0.25, 0.3) is 5.91 Å². The Hall–Kier alpha value is -1.63. The monoisotopic (exact) mass is 294 g/mol. The number of nitrogens with one attached hydrogen (secondary N) is 3. The van der Waals surface area contributed by atoms with Crippen LogP contribution in [0.1, 0.15) is 38.5 Å². The van der Waals surface area contributed by atoms with Gasteiger partial charge < -0.3 is 16.0 Å². The zero-order valence-electron chi connectivity index (χ0n) is 12.1. The molecule has 4 amide bonds. The molecule has 2 heterocycles. The molecule has 21 heavy (non-hydrogen) atoms. The summed E-state index contributed by atoms with van der Waals surface area (Å²) in [5.74, 6) is -0.253. The lowest BCUT2D eigenvalue weighted by Gasteiger charge is -2.20. The molecule has 116 valence electrons. The van der Waals surface area contributed by atoms with Gasteiger partial charge in [-0.3, -0.25) is 14.5 Å². The van der Waals surface area contributed by atoms with Crippen LogP contribution in [-0.4, -0.2) is 54.0 Å². The number of carbonyl (C=O) groups is 3. The number of amides is 4. The molecule has 0 aromatic carbocycles. The van der Waals surface area contributed by atoms with Gasteiger partial charge >= 0.3 is 6.03 Å². The summed E-state index contributed by atoms with van der Waals surface area (Å²) in [5, 5.41) is 8.92. The first-order valence-corrected chi connectivity index (χ1v) is 7.75. The van der Waals surface area contributed by atoms with E-state index in [-0.39, 0.29) is 36.9 Å². The average molecular weight is 294 g/mol. The number of hydrogen-bond acceptors (Lipinski definition) is 4. The van der Waals surface area contributed by atoms with E-state index in [9.17, 15) is 14.4 Å². The van der Waals surface area contributed by atoms with Crippen LogP contribution >= 0.6 is 0 Å². The molecule has 7 heteroatoms. The number of carbonyl (C=O) groups excluding carboxylic acids is 3. The number of rotatable bonds is 4. The van der Waals surface area contributed by atoms with E-state index in [2.05, 4.69) is 16.0 Å². The zero-order chi connectivity index (χ0) is 14.9. The first-order chi connectivity index (χ1) is 10.1. The second-order valence-electron chi connectivity index (χ2n) is 6.18. The molecule has 1 unspecified atom stereocenters. The highest BCUT2D eigenvalue weighted by molar-refractivity contribution is 6.07. The van der Waals surface area contributed by atoms with Crippen molar-refractivity contribution in [1.82, 2.24) is 20.9 Å². The minimum absolute atomic E-state index is 0.100. The second kappa shape index (κ2) is 5.63. The van der Waals surface area contributed by atoms with Crippen molar-refractivity contribution < 1.29 is 14.4 Å². The summed E-state index contributed by atoms with van der Waals surface area (Å²) in [4.78, 5) is 37.4. The van der Waals surface area contributed by atoms with Crippen LogP contribution in [0.2, 0.25) is 0 Å². The fourth-order valence-corrected chi connectivity index (χ4v) is 3.49. The quantitative estimate of drug-likeness (QED) is 0.622. The van der Waals surface area contributed by atoms with Gasteiger partial charge in [0, 0.05) is 25.6 Å². The van der Waals surface area contributed by atoms with Crippen molar-refractivity contribution in [3.05, 3.63) is 0 Å². The minimum Gasteiger partial charge on any atom is -0.352 e. The highest BCUT2D eigenvalue weighted by Gasteiger charge is 2.52. The lowest BCUT2D eigenvalue weighted by molar-refractivity contribution is -0.131. The minimum atomic E-state index is -0.678. The summed E-state index contributed by atoms with van der Waals surface area (Å²) >= 11 is 0. The van der Waals surface area contributed by atoms with Gasteiger partial charge in [0.05, 0.1) is 0 Å². The summed E-state index contributed by atoms with van der Waals surface area (Å²) in [5.41, 5.74) is -0.678. The number of imide groups is 1. The van der Waals surface area contributed by atoms with E-state index < -0.39 is 5.54 Å². The largest absolute Gasteiger partial charge is 0.352 e. The molecule has 7 nitrogen and oxygen atoms in total. The van der Waals surface area contributed by atoms with Crippen LogP contribution in [0.15, 0.2) is 0 Å². The van der Waals surface area contributed by atoms with Crippen molar-refractivity contribution in [2.45, 2.75) is 50.1 Å². The van der Waals surface area contributed by atoms with Crippen LogP contribution in [0.5, 0.6) is 0 Å². The van der Waals surface area contributed by atoms with E-state index in [1.54, 1.807) is 0 Å². The van der Waals surface area contributed by atoms with E-state index in [4.69, 9.17) is 0 Å². The van der Waals surface area contributed by atoms with Gasteiger partial charge in [-0.25, -0.2) is 4.79 Å². The Morgan fingerprint density at radius 2 is 2.10 bits per heavy atom. The van der Waals surface area contributed by atoms with E-state index in [1.807, 2.05) is 0 Å². The Balaban J connectivity index is 1.51. The van der Waals surface area contributed by atoms with Crippen molar-refractivity contribution >= 4 is 17.8 Å². The number of urea groups is 1. The smallest absolute Gasteiger partial charge is 0.325 e. The molecular weight excluding hydrogens is 272 g/mol. The van der Waals surface area contributed by atoms with Crippen LogP contribution in [0.4, 0.5) is 4.79 Å². The van der Waals surface area contributed by atoms with E-state index in [0.29, 0.717) is 12.8 Å². The lowest BCUT2D eigenvalue weighted by atomic mass is 9.98. The molecule has 1 aliphatic carbocycles. The summed E-state index contributed by atoms with van der Waals surface area (Å²) in [6.45, 7) is 1.87. The standard InChI is InChI=1S/C14H22N4O3/c19-11(16-10-3-7-15-9-10)4-8-18-12(20)14(17-13(18)21)5-1-2-6-14/h10,15H,1-9H2,(H,16,19)(H,17,21). The van der Waals surface area contributed by atoms with Crippen LogP contribution in [0.3, 0.4) is 0 Å². The summed E-state index contributed by atoms with van der Waals surface area (Å²) in [6, 6.07) is -0.181. The fourth-order valence-electron chi connectivity index (χ4n) is 3.49. The normalized spacial score (nSPS) is 27.4. The molecule has 3 aliphatic rings. The molecule has 1 atom stereocenters. The molecule has 3 rings (SSSR count). The molecule has 0 bridgehead atoms.